The van der Waals surface area contributed by atoms with E-state index >= 15 is 0 Å². The largest absolute Gasteiger partial charge is 0.364 e. The fourth-order valence-electron chi connectivity index (χ4n) is 3.56. The zero-order chi connectivity index (χ0) is 18.1. The van der Waals surface area contributed by atoms with Crippen LogP contribution in [-0.2, 0) is 4.79 Å². The number of aromatic nitrogens is 1. The second-order valence-corrected chi connectivity index (χ2v) is 7.64. The van der Waals surface area contributed by atoms with Gasteiger partial charge in [0.15, 0.2) is 5.78 Å². The molecule has 1 aromatic heterocycles. The van der Waals surface area contributed by atoms with Crippen molar-refractivity contribution in [3.05, 3.63) is 59.2 Å². The Morgan fingerprint density at radius 2 is 2.07 bits per heavy atom. The number of hydrogen-bond acceptors (Lipinski definition) is 5. The first kappa shape index (κ1) is 20.1. The van der Waals surface area contributed by atoms with Crippen molar-refractivity contribution < 1.29 is 13.7 Å². The molecule has 2 aliphatic rings. The molecule has 2 heterocycles. The van der Waals surface area contributed by atoms with Gasteiger partial charge < -0.3 is 4.52 Å². The summed E-state index contributed by atoms with van der Waals surface area (Å²) >= 11 is 4.68. The number of carbonyl (C=O) groups is 1. The van der Waals surface area contributed by atoms with E-state index in [2.05, 4.69) is 22.7 Å². The van der Waals surface area contributed by atoms with Gasteiger partial charge in [-0.15, -0.1) is 12.4 Å². The van der Waals surface area contributed by atoms with Crippen LogP contribution in [0.15, 0.2) is 46.7 Å². The molecule has 2 unspecified atom stereocenters. The normalized spacial score (nSPS) is 23.0. The molecule has 2 aromatic rings. The van der Waals surface area contributed by atoms with Crippen LogP contribution in [0.4, 0.5) is 4.39 Å². The van der Waals surface area contributed by atoms with Crippen LogP contribution < -0.4 is 0 Å². The minimum atomic E-state index is -0.537. The molecule has 27 heavy (non-hydrogen) atoms. The van der Waals surface area contributed by atoms with Crippen LogP contribution >= 0.6 is 25.0 Å². The predicted molar refractivity (Wildman–Crippen MR) is 108 cm³/mol. The second-order valence-electron chi connectivity index (χ2n) is 7.02. The molecule has 0 N–H and O–H groups in total. The average Bonchev–Trinajstić information content (AvgIpc) is 3.37. The van der Waals surface area contributed by atoms with Gasteiger partial charge >= 0.3 is 0 Å². The highest BCUT2D eigenvalue weighted by Gasteiger charge is 2.40. The van der Waals surface area contributed by atoms with Crippen molar-refractivity contribution in [3.8, 4) is 0 Å². The van der Waals surface area contributed by atoms with Crippen molar-refractivity contribution in [1.82, 2.24) is 10.1 Å². The lowest BCUT2D eigenvalue weighted by atomic mass is 9.93. The summed E-state index contributed by atoms with van der Waals surface area (Å²) in [7, 11) is 0. The predicted octanol–water partition coefficient (Wildman–Crippen LogP) is 4.34. The number of rotatable bonds is 5. The summed E-state index contributed by atoms with van der Waals surface area (Å²) in [4.78, 5) is 15.1. The minimum absolute atomic E-state index is 0. The van der Waals surface area contributed by atoms with Gasteiger partial charge in [-0.3, -0.25) is 9.69 Å². The lowest BCUT2D eigenvalue weighted by Gasteiger charge is -2.37. The monoisotopic (exact) mass is 408 g/mol. The summed E-state index contributed by atoms with van der Waals surface area (Å²) < 4.78 is 19.4. The van der Waals surface area contributed by atoms with E-state index in [1.807, 2.05) is 6.08 Å². The van der Waals surface area contributed by atoms with Crippen molar-refractivity contribution in [1.29, 1.82) is 0 Å². The van der Waals surface area contributed by atoms with Crippen LogP contribution in [0.2, 0.25) is 0 Å². The molecule has 144 valence electrons. The van der Waals surface area contributed by atoms with E-state index in [1.54, 1.807) is 24.3 Å². The molecule has 0 bridgehead atoms. The third-order valence-electron chi connectivity index (χ3n) is 5.11. The molecule has 2 fully saturated rings. The number of Topliss-reactive ketones (excluding diaryl/α,β-unsaturated/α-hetero) is 1. The van der Waals surface area contributed by atoms with E-state index < -0.39 is 6.04 Å². The fraction of sp³-hybridized carbons (Fsp3) is 0.400. The van der Waals surface area contributed by atoms with Gasteiger partial charge in [0.05, 0.1) is 6.04 Å². The number of ketones is 1. The number of carbonyl (C=O) groups excluding carboxylic acids is 1. The Labute approximate surface area is 169 Å². The van der Waals surface area contributed by atoms with Gasteiger partial charge in [0.2, 0.25) is 0 Å². The molecule has 1 aliphatic carbocycles. The summed E-state index contributed by atoms with van der Waals surface area (Å²) in [6.45, 7) is 1.28. The smallest absolute Gasteiger partial charge is 0.157 e. The van der Waals surface area contributed by atoms with Crippen LogP contribution in [0, 0.1) is 11.7 Å². The Hall–Kier alpha value is -1.63. The highest BCUT2D eigenvalue weighted by atomic mass is 35.5. The Kier molecular flexibility index (Phi) is 6.40. The molecule has 0 radical (unpaired) electrons. The molecule has 2 atom stereocenters. The molecule has 7 heteroatoms. The standard InChI is InChI=1S/C20H21FN2O2S.ClH/c21-17-4-2-1-3-16(17)19(20(24)13-5-6-13)23-9-7-18(26)14(12-23)11-15-8-10-25-22-15;/h1-4,8,10-11,13,18-19,26H,5-7,9,12H2;1H/b14-11+;. The van der Waals surface area contributed by atoms with Crippen molar-refractivity contribution in [2.24, 2.45) is 5.92 Å². The van der Waals surface area contributed by atoms with Gasteiger partial charge in [-0.05, 0) is 37.0 Å². The van der Waals surface area contributed by atoms with E-state index in [9.17, 15) is 9.18 Å². The molecule has 1 aliphatic heterocycles. The Morgan fingerprint density at radius 1 is 1.30 bits per heavy atom. The van der Waals surface area contributed by atoms with Crippen LogP contribution in [0.3, 0.4) is 0 Å². The van der Waals surface area contributed by atoms with Gasteiger partial charge in [-0.1, -0.05) is 23.4 Å². The molecular formula is C20H22ClFN2O2S. The second kappa shape index (κ2) is 8.59. The van der Waals surface area contributed by atoms with E-state index in [1.165, 1.54) is 12.3 Å². The van der Waals surface area contributed by atoms with Crippen molar-refractivity contribution in [3.63, 3.8) is 0 Å². The number of likely N-dealkylation sites (tertiary alicyclic amines) is 1. The maximum Gasteiger partial charge on any atom is 0.157 e. The highest BCUT2D eigenvalue weighted by Crippen LogP contribution is 2.39. The lowest BCUT2D eigenvalue weighted by Crippen LogP contribution is -2.42. The summed E-state index contributed by atoms with van der Waals surface area (Å²) in [5.41, 5.74) is 2.28. The lowest BCUT2D eigenvalue weighted by molar-refractivity contribution is -0.126. The Balaban J connectivity index is 0.00000210. The van der Waals surface area contributed by atoms with E-state index in [0.29, 0.717) is 18.7 Å². The molecule has 1 saturated heterocycles. The first-order valence-electron chi connectivity index (χ1n) is 8.94. The van der Waals surface area contributed by atoms with Crippen LogP contribution in [0.5, 0.6) is 0 Å². The molecule has 0 spiro atoms. The van der Waals surface area contributed by atoms with Gasteiger partial charge in [-0.2, -0.15) is 12.6 Å². The first-order chi connectivity index (χ1) is 12.6. The maximum absolute atomic E-state index is 14.5. The molecule has 0 amide bonds. The number of piperidine rings is 1. The number of benzene rings is 1. The van der Waals surface area contributed by atoms with Crippen LogP contribution in [-0.4, -0.2) is 34.2 Å². The zero-order valence-electron chi connectivity index (χ0n) is 14.8. The first-order valence-corrected chi connectivity index (χ1v) is 9.46. The Morgan fingerprint density at radius 3 is 2.74 bits per heavy atom. The quantitative estimate of drug-likeness (QED) is 0.747. The van der Waals surface area contributed by atoms with Crippen molar-refractivity contribution in [2.75, 3.05) is 13.1 Å². The minimum Gasteiger partial charge on any atom is -0.364 e. The highest BCUT2D eigenvalue weighted by molar-refractivity contribution is 7.81. The topological polar surface area (TPSA) is 46.3 Å². The molecule has 4 rings (SSSR count). The van der Waals surface area contributed by atoms with Crippen LogP contribution in [0.25, 0.3) is 6.08 Å². The van der Waals surface area contributed by atoms with Crippen LogP contribution in [0.1, 0.15) is 36.6 Å². The van der Waals surface area contributed by atoms with Gasteiger partial charge in [-0.25, -0.2) is 4.39 Å². The fourth-order valence-corrected chi connectivity index (χ4v) is 3.83. The number of nitrogens with zero attached hydrogens (tertiary/aromatic N) is 2. The summed E-state index contributed by atoms with van der Waals surface area (Å²) in [6, 6.07) is 7.87. The van der Waals surface area contributed by atoms with E-state index in [0.717, 1.165) is 30.5 Å². The third-order valence-corrected chi connectivity index (χ3v) is 5.70. The summed E-state index contributed by atoms with van der Waals surface area (Å²) in [5, 5.41) is 4.03. The Bertz CT molecular complexity index is 823. The van der Waals surface area contributed by atoms with Gasteiger partial charge in [0.25, 0.3) is 0 Å². The number of thiol groups is 1. The van der Waals surface area contributed by atoms with Crippen molar-refractivity contribution in [2.45, 2.75) is 30.6 Å². The van der Waals surface area contributed by atoms with Crippen molar-refractivity contribution >= 4 is 36.9 Å². The number of halogens is 2. The van der Waals surface area contributed by atoms with Gasteiger partial charge in [0.1, 0.15) is 17.8 Å². The summed E-state index contributed by atoms with van der Waals surface area (Å²) in [6.07, 6.45) is 6.10. The van der Waals surface area contributed by atoms with E-state index in [4.69, 9.17) is 4.52 Å². The SMILES string of the molecule is Cl.O=C(C1CC1)C(c1ccccc1F)N1CCC(S)/C(=C/c2ccon2)C1. The zero-order valence-corrected chi connectivity index (χ0v) is 16.5. The molecule has 1 saturated carbocycles. The maximum atomic E-state index is 14.5. The molecular weight excluding hydrogens is 387 g/mol. The third kappa shape index (κ3) is 4.45. The number of hydrogen-bond donors (Lipinski definition) is 1. The average molecular weight is 409 g/mol. The van der Waals surface area contributed by atoms with Gasteiger partial charge in [0, 0.05) is 35.9 Å². The molecule has 4 nitrogen and oxygen atoms in total. The van der Waals surface area contributed by atoms with E-state index in [-0.39, 0.29) is 35.2 Å². The molecule has 1 aromatic carbocycles. The summed E-state index contributed by atoms with van der Waals surface area (Å²) in [5.74, 6) is -0.119.